The Morgan fingerprint density at radius 3 is 1.07 bits per heavy atom. The van der Waals surface area contributed by atoms with E-state index in [9.17, 15) is 0 Å². The van der Waals surface area contributed by atoms with Gasteiger partial charge in [0, 0.05) is 10.8 Å². The lowest BCUT2D eigenvalue weighted by Crippen LogP contribution is -1.92. The molecule has 1 aromatic heterocycles. The first-order valence-electron chi connectivity index (χ1n) is 24.6. The molecule has 0 aliphatic heterocycles. The number of rotatable bonds is 5. The summed E-state index contributed by atoms with van der Waals surface area (Å²) in [5, 5.41) is 19.6. The van der Waals surface area contributed by atoms with Crippen molar-refractivity contribution in [3.8, 4) is 55.6 Å². The smallest absolute Gasteiger partial charge is 0.136 e. The standard InChI is InChI=1S/C70H42O/c1-2-17-52-45(15-1)16-13-27-53(52)68-58-22-7-3-18-54(58)66(55-19-4-8-23-59(55)68)48-37-33-43-31-35-46(39-50(43)41-48)47-36-32-44-34-38-49(42-51(44)40-47)67-56-20-5-9-24-60(56)69(61-25-10-6-21-57(61)67)63-28-14-30-65-70(63)62-26-11-12-29-64(62)71-65/h1-42H. The average Bonchev–Trinajstić information content (AvgIpc) is 3.82. The highest BCUT2D eigenvalue weighted by Gasteiger charge is 2.22. The second kappa shape index (κ2) is 15.6. The number of furan rings is 1. The second-order valence-electron chi connectivity index (χ2n) is 19.0. The third-order valence-electron chi connectivity index (χ3n) is 15.2. The quantitative estimate of drug-likeness (QED) is 0.157. The van der Waals surface area contributed by atoms with Crippen molar-refractivity contribution in [2.24, 2.45) is 0 Å². The molecule has 71 heavy (non-hydrogen) atoms. The fourth-order valence-corrected chi connectivity index (χ4v) is 12.0. The number of hydrogen-bond donors (Lipinski definition) is 0. The molecule has 15 aromatic rings. The van der Waals surface area contributed by atoms with Gasteiger partial charge in [0.1, 0.15) is 11.2 Å². The van der Waals surface area contributed by atoms with Gasteiger partial charge in [-0.25, -0.2) is 0 Å². The lowest BCUT2D eigenvalue weighted by Gasteiger charge is -2.19. The molecule has 0 bridgehead atoms. The predicted octanol–water partition coefficient (Wildman–Crippen LogP) is 20.0. The summed E-state index contributed by atoms with van der Waals surface area (Å²) in [6, 6.07) is 94.0. The largest absolute Gasteiger partial charge is 0.456 e. The van der Waals surface area contributed by atoms with E-state index in [1.165, 1.54) is 131 Å². The highest BCUT2D eigenvalue weighted by atomic mass is 16.3. The number of para-hydroxylation sites is 1. The maximum absolute atomic E-state index is 6.41. The third kappa shape index (κ3) is 6.13. The molecule has 1 heterocycles. The van der Waals surface area contributed by atoms with Crippen LogP contribution in [0, 0.1) is 0 Å². The Bertz CT molecular complexity index is 4580. The van der Waals surface area contributed by atoms with Crippen LogP contribution < -0.4 is 0 Å². The van der Waals surface area contributed by atoms with Crippen molar-refractivity contribution in [3.63, 3.8) is 0 Å². The van der Waals surface area contributed by atoms with Gasteiger partial charge in [0.2, 0.25) is 0 Å². The topological polar surface area (TPSA) is 13.1 Å². The first kappa shape index (κ1) is 39.7. The summed E-state index contributed by atoms with van der Waals surface area (Å²) in [5.74, 6) is 0. The maximum Gasteiger partial charge on any atom is 0.136 e. The van der Waals surface area contributed by atoms with E-state index >= 15 is 0 Å². The Morgan fingerprint density at radius 1 is 0.197 bits per heavy atom. The highest BCUT2D eigenvalue weighted by Crippen LogP contribution is 2.49. The normalized spacial score (nSPS) is 11.9. The average molecular weight is 899 g/mol. The fraction of sp³-hybridized carbons (Fsp3) is 0. The van der Waals surface area contributed by atoms with Gasteiger partial charge in [0.25, 0.3) is 0 Å². The summed E-state index contributed by atoms with van der Waals surface area (Å²) < 4.78 is 6.41. The van der Waals surface area contributed by atoms with Crippen LogP contribution in [0.1, 0.15) is 0 Å². The Kier molecular flexibility index (Phi) is 8.73. The third-order valence-corrected chi connectivity index (χ3v) is 15.2. The molecule has 1 nitrogen and oxygen atoms in total. The summed E-state index contributed by atoms with van der Waals surface area (Å²) >= 11 is 0. The molecule has 15 rings (SSSR count). The molecule has 0 saturated carbocycles. The zero-order valence-corrected chi connectivity index (χ0v) is 38.7. The van der Waals surface area contributed by atoms with Gasteiger partial charge < -0.3 is 4.42 Å². The maximum atomic E-state index is 6.41. The molecule has 0 atom stereocenters. The minimum atomic E-state index is 0.906. The molecule has 0 spiro atoms. The summed E-state index contributed by atoms with van der Waals surface area (Å²) in [5.41, 5.74) is 14.1. The minimum Gasteiger partial charge on any atom is -0.456 e. The van der Waals surface area contributed by atoms with Crippen LogP contribution in [0.3, 0.4) is 0 Å². The van der Waals surface area contributed by atoms with E-state index in [-0.39, 0.29) is 0 Å². The second-order valence-corrected chi connectivity index (χ2v) is 19.0. The summed E-state index contributed by atoms with van der Waals surface area (Å²) in [6.07, 6.45) is 0. The van der Waals surface area contributed by atoms with Crippen molar-refractivity contribution in [1.29, 1.82) is 0 Å². The van der Waals surface area contributed by atoms with Crippen LogP contribution >= 0.6 is 0 Å². The molecule has 0 radical (unpaired) electrons. The van der Waals surface area contributed by atoms with Crippen LogP contribution in [-0.2, 0) is 0 Å². The van der Waals surface area contributed by atoms with Gasteiger partial charge in [-0.05, 0) is 167 Å². The molecule has 0 amide bonds. The van der Waals surface area contributed by atoms with Crippen LogP contribution in [-0.4, -0.2) is 0 Å². The number of benzene rings is 14. The van der Waals surface area contributed by atoms with Crippen LogP contribution in [0.15, 0.2) is 259 Å². The van der Waals surface area contributed by atoms with Gasteiger partial charge in [-0.15, -0.1) is 0 Å². The van der Waals surface area contributed by atoms with E-state index in [0.29, 0.717) is 0 Å². The number of hydrogen-bond acceptors (Lipinski definition) is 1. The first-order chi connectivity index (χ1) is 35.2. The van der Waals surface area contributed by atoms with Crippen molar-refractivity contribution in [3.05, 3.63) is 255 Å². The molecule has 0 unspecified atom stereocenters. The molecule has 14 aromatic carbocycles. The zero-order valence-electron chi connectivity index (χ0n) is 38.7. The molecule has 328 valence electrons. The van der Waals surface area contributed by atoms with E-state index in [2.05, 4.69) is 249 Å². The van der Waals surface area contributed by atoms with Gasteiger partial charge in [0.15, 0.2) is 0 Å². The summed E-state index contributed by atoms with van der Waals surface area (Å²) in [4.78, 5) is 0. The zero-order chi connectivity index (χ0) is 46.6. The van der Waals surface area contributed by atoms with Gasteiger partial charge in [0.05, 0.1) is 0 Å². The lowest BCUT2D eigenvalue weighted by atomic mass is 9.84. The summed E-state index contributed by atoms with van der Waals surface area (Å²) in [6.45, 7) is 0. The first-order valence-corrected chi connectivity index (χ1v) is 24.6. The Morgan fingerprint density at radius 2 is 0.549 bits per heavy atom. The van der Waals surface area contributed by atoms with E-state index in [1.807, 2.05) is 6.07 Å². The Balaban J connectivity index is 0.868. The Hall–Kier alpha value is -9.30. The van der Waals surface area contributed by atoms with Crippen molar-refractivity contribution in [1.82, 2.24) is 0 Å². The highest BCUT2D eigenvalue weighted by molar-refractivity contribution is 6.27. The molecular weight excluding hydrogens is 857 g/mol. The van der Waals surface area contributed by atoms with Gasteiger partial charge in [-0.3, -0.25) is 0 Å². The van der Waals surface area contributed by atoms with E-state index in [1.54, 1.807) is 0 Å². The molecule has 0 fully saturated rings. The SMILES string of the molecule is c1ccc2c(-c3c4ccccc4c(-c4ccc5ccc(-c6ccc7ccc(-c8c9ccccc9c(-c9cccc%10oc%11ccccc%11c9%10)c9ccccc89)cc7c6)cc5c4)c4ccccc34)cccc2c1. The van der Waals surface area contributed by atoms with Gasteiger partial charge in [-0.1, -0.05) is 218 Å². The molecule has 0 N–H and O–H groups in total. The number of fused-ring (bicyclic) bond motifs is 10. The minimum absolute atomic E-state index is 0.906. The lowest BCUT2D eigenvalue weighted by molar-refractivity contribution is 0.669. The van der Waals surface area contributed by atoms with E-state index < -0.39 is 0 Å². The van der Waals surface area contributed by atoms with Crippen LogP contribution in [0.4, 0.5) is 0 Å². The molecule has 0 aliphatic rings. The molecule has 0 saturated heterocycles. The summed E-state index contributed by atoms with van der Waals surface area (Å²) in [7, 11) is 0. The van der Waals surface area contributed by atoms with Crippen molar-refractivity contribution < 1.29 is 4.42 Å². The van der Waals surface area contributed by atoms with E-state index in [4.69, 9.17) is 4.42 Å². The van der Waals surface area contributed by atoms with Crippen molar-refractivity contribution >= 4 is 97.3 Å². The fourth-order valence-electron chi connectivity index (χ4n) is 12.0. The van der Waals surface area contributed by atoms with Crippen LogP contribution in [0.2, 0.25) is 0 Å². The predicted molar refractivity (Wildman–Crippen MR) is 303 cm³/mol. The van der Waals surface area contributed by atoms with Crippen LogP contribution in [0.5, 0.6) is 0 Å². The van der Waals surface area contributed by atoms with Crippen molar-refractivity contribution in [2.75, 3.05) is 0 Å². The van der Waals surface area contributed by atoms with Gasteiger partial charge >= 0.3 is 0 Å². The molecule has 0 aliphatic carbocycles. The molecular formula is C70H42O. The van der Waals surface area contributed by atoms with E-state index in [0.717, 1.165) is 21.9 Å². The molecule has 1 heteroatoms. The van der Waals surface area contributed by atoms with Gasteiger partial charge in [-0.2, -0.15) is 0 Å². The van der Waals surface area contributed by atoms with Crippen molar-refractivity contribution in [2.45, 2.75) is 0 Å². The monoisotopic (exact) mass is 898 g/mol. The Labute approximate surface area is 410 Å². The van der Waals surface area contributed by atoms with Crippen LogP contribution in [0.25, 0.3) is 153 Å².